The molecular weight excluding hydrogens is 212 g/mol. The van der Waals surface area contributed by atoms with Crippen molar-refractivity contribution in [3.8, 4) is 5.75 Å². The van der Waals surface area contributed by atoms with E-state index >= 15 is 0 Å². The van der Waals surface area contributed by atoms with Gasteiger partial charge in [-0.2, -0.15) is 0 Å². The first-order valence-electron chi connectivity index (χ1n) is 6.60. The lowest BCUT2D eigenvalue weighted by Crippen LogP contribution is -2.05. The average molecular weight is 232 g/mol. The first-order chi connectivity index (χ1) is 8.10. The third-order valence-electron chi connectivity index (χ3n) is 4.33. The minimum absolute atomic E-state index is 0.152. The van der Waals surface area contributed by atoms with Crippen molar-refractivity contribution in [3.63, 3.8) is 0 Å². The van der Waals surface area contributed by atoms with Crippen LogP contribution in [0.4, 0.5) is 0 Å². The molecule has 0 amide bonds. The zero-order valence-electron chi connectivity index (χ0n) is 10.3. The summed E-state index contributed by atoms with van der Waals surface area (Å²) in [6, 6.07) is 5.82. The van der Waals surface area contributed by atoms with E-state index in [1.54, 1.807) is 0 Å². The SMILES string of the molecule is CC1(c2cccc(C(O)CC3CC3)c2O)CC1. The lowest BCUT2D eigenvalue weighted by atomic mass is 9.92. The highest BCUT2D eigenvalue weighted by Gasteiger charge is 2.41. The number of hydrogen-bond donors (Lipinski definition) is 2. The number of benzene rings is 1. The maximum absolute atomic E-state index is 10.3. The molecule has 17 heavy (non-hydrogen) atoms. The number of aliphatic hydroxyl groups is 1. The van der Waals surface area contributed by atoms with Crippen LogP contribution in [0.5, 0.6) is 5.75 Å². The van der Waals surface area contributed by atoms with E-state index in [2.05, 4.69) is 6.92 Å². The number of phenolic OH excluding ortho intramolecular Hbond substituents is 1. The summed E-state index contributed by atoms with van der Waals surface area (Å²) < 4.78 is 0. The van der Waals surface area contributed by atoms with Crippen LogP contribution >= 0.6 is 0 Å². The minimum atomic E-state index is -0.496. The van der Waals surface area contributed by atoms with Crippen molar-refractivity contribution in [3.05, 3.63) is 29.3 Å². The van der Waals surface area contributed by atoms with E-state index in [0.29, 0.717) is 11.7 Å². The predicted molar refractivity (Wildman–Crippen MR) is 67.0 cm³/mol. The summed E-state index contributed by atoms with van der Waals surface area (Å²) in [6.07, 6.45) is 5.05. The van der Waals surface area contributed by atoms with Gasteiger partial charge in [-0.15, -0.1) is 0 Å². The number of aliphatic hydroxyl groups excluding tert-OH is 1. The number of para-hydroxylation sites is 1. The maximum atomic E-state index is 10.3. The van der Waals surface area contributed by atoms with Gasteiger partial charge in [0, 0.05) is 11.1 Å². The van der Waals surface area contributed by atoms with Crippen molar-refractivity contribution in [2.75, 3.05) is 0 Å². The molecule has 92 valence electrons. The molecule has 2 aliphatic rings. The predicted octanol–water partition coefficient (Wildman–Crippen LogP) is 3.28. The van der Waals surface area contributed by atoms with Crippen LogP contribution in [-0.4, -0.2) is 10.2 Å². The van der Waals surface area contributed by atoms with Gasteiger partial charge in [0.15, 0.2) is 0 Å². The van der Waals surface area contributed by atoms with Gasteiger partial charge in [-0.05, 0) is 30.6 Å². The molecule has 2 heteroatoms. The van der Waals surface area contributed by atoms with Crippen LogP contribution in [0.1, 0.15) is 56.3 Å². The summed E-state index contributed by atoms with van der Waals surface area (Å²) in [7, 11) is 0. The first-order valence-corrected chi connectivity index (χ1v) is 6.60. The number of phenols is 1. The zero-order chi connectivity index (χ0) is 12.0. The Balaban J connectivity index is 1.88. The molecule has 2 aliphatic carbocycles. The van der Waals surface area contributed by atoms with Crippen LogP contribution in [0, 0.1) is 5.92 Å². The molecule has 1 aromatic rings. The van der Waals surface area contributed by atoms with Crippen molar-refractivity contribution in [1.29, 1.82) is 0 Å². The van der Waals surface area contributed by atoms with E-state index in [1.165, 1.54) is 12.8 Å². The molecule has 1 unspecified atom stereocenters. The fourth-order valence-corrected chi connectivity index (χ4v) is 2.57. The molecule has 0 saturated heterocycles. The second-order valence-corrected chi connectivity index (χ2v) is 6.00. The van der Waals surface area contributed by atoms with Gasteiger partial charge in [0.25, 0.3) is 0 Å². The molecule has 0 radical (unpaired) electrons. The molecule has 2 saturated carbocycles. The van der Waals surface area contributed by atoms with Crippen molar-refractivity contribution >= 4 is 0 Å². The van der Waals surface area contributed by atoms with Crippen LogP contribution < -0.4 is 0 Å². The van der Waals surface area contributed by atoms with Gasteiger partial charge in [-0.25, -0.2) is 0 Å². The minimum Gasteiger partial charge on any atom is -0.507 e. The Labute approximate surface area is 102 Å². The zero-order valence-corrected chi connectivity index (χ0v) is 10.3. The summed E-state index contributed by atoms with van der Waals surface area (Å²) in [6.45, 7) is 2.18. The summed E-state index contributed by atoms with van der Waals surface area (Å²) in [5.41, 5.74) is 1.90. The second kappa shape index (κ2) is 3.74. The Bertz CT molecular complexity index is 431. The van der Waals surface area contributed by atoms with Crippen LogP contribution in [0.15, 0.2) is 18.2 Å². The fourth-order valence-electron chi connectivity index (χ4n) is 2.57. The number of rotatable bonds is 4. The lowest BCUT2D eigenvalue weighted by molar-refractivity contribution is 0.156. The third-order valence-corrected chi connectivity index (χ3v) is 4.33. The number of aromatic hydroxyl groups is 1. The molecule has 1 atom stereocenters. The fraction of sp³-hybridized carbons (Fsp3) is 0.600. The smallest absolute Gasteiger partial charge is 0.125 e. The Kier molecular flexibility index (Phi) is 2.44. The van der Waals surface area contributed by atoms with Gasteiger partial charge < -0.3 is 10.2 Å². The van der Waals surface area contributed by atoms with Gasteiger partial charge in [-0.1, -0.05) is 38.0 Å². The maximum Gasteiger partial charge on any atom is 0.125 e. The van der Waals surface area contributed by atoms with E-state index in [-0.39, 0.29) is 5.41 Å². The van der Waals surface area contributed by atoms with Crippen molar-refractivity contribution in [2.24, 2.45) is 5.92 Å². The quantitative estimate of drug-likeness (QED) is 0.836. The number of hydrogen-bond acceptors (Lipinski definition) is 2. The largest absolute Gasteiger partial charge is 0.507 e. The molecule has 0 aromatic heterocycles. The molecule has 0 heterocycles. The van der Waals surface area contributed by atoms with Crippen LogP contribution in [0.25, 0.3) is 0 Å². The van der Waals surface area contributed by atoms with Gasteiger partial charge >= 0.3 is 0 Å². The topological polar surface area (TPSA) is 40.5 Å². The Morgan fingerprint density at radius 1 is 1.35 bits per heavy atom. The van der Waals surface area contributed by atoms with Crippen molar-refractivity contribution < 1.29 is 10.2 Å². The van der Waals surface area contributed by atoms with E-state index < -0.39 is 6.10 Å². The molecule has 2 nitrogen and oxygen atoms in total. The van der Waals surface area contributed by atoms with E-state index in [1.807, 2.05) is 18.2 Å². The van der Waals surface area contributed by atoms with Crippen LogP contribution in [0.2, 0.25) is 0 Å². The summed E-state index contributed by atoms with van der Waals surface area (Å²) >= 11 is 0. The lowest BCUT2D eigenvalue weighted by Gasteiger charge is -2.17. The van der Waals surface area contributed by atoms with E-state index in [9.17, 15) is 10.2 Å². The highest BCUT2D eigenvalue weighted by molar-refractivity contribution is 5.47. The normalized spacial score (nSPS) is 23.4. The van der Waals surface area contributed by atoms with Crippen LogP contribution in [-0.2, 0) is 5.41 Å². The molecule has 3 rings (SSSR count). The highest BCUT2D eigenvalue weighted by atomic mass is 16.3. The molecule has 0 bridgehead atoms. The first kappa shape index (κ1) is 11.1. The van der Waals surface area contributed by atoms with Gasteiger partial charge in [-0.3, -0.25) is 0 Å². The van der Waals surface area contributed by atoms with Gasteiger partial charge in [0.2, 0.25) is 0 Å². The van der Waals surface area contributed by atoms with Crippen molar-refractivity contribution in [1.82, 2.24) is 0 Å². The third kappa shape index (κ3) is 2.06. The Hall–Kier alpha value is -1.02. The summed E-state index contributed by atoms with van der Waals surface area (Å²) in [5.74, 6) is 1.00. The molecule has 0 spiro atoms. The second-order valence-electron chi connectivity index (χ2n) is 6.00. The van der Waals surface area contributed by atoms with Crippen molar-refractivity contribution in [2.45, 2.75) is 50.5 Å². The average Bonchev–Trinajstić information content (AvgIpc) is 3.18. The van der Waals surface area contributed by atoms with E-state index in [0.717, 1.165) is 30.4 Å². The summed E-state index contributed by atoms with van der Waals surface area (Å²) in [5, 5.41) is 20.5. The van der Waals surface area contributed by atoms with Gasteiger partial charge in [0.05, 0.1) is 6.10 Å². The Morgan fingerprint density at radius 2 is 2.06 bits per heavy atom. The molecule has 0 aliphatic heterocycles. The van der Waals surface area contributed by atoms with Crippen LogP contribution in [0.3, 0.4) is 0 Å². The monoisotopic (exact) mass is 232 g/mol. The molecule has 1 aromatic carbocycles. The molecule has 2 N–H and O–H groups in total. The summed E-state index contributed by atoms with van der Waals surface area (Å²) in [4.78, 5) is 0. The Morgan fingerprint density at radius 3 is 2.65 bits per heavy atom. The van der Waals surface area contributed by atoms with Gasteiger partial charge in [0.1, 0.15) is 5.75 Å². The molecule has 2 fully saturated rings. The molecular formula is C15H20O2. The standard InChI is InChI=1S/C15H20O2/c1-15(7-8-15)12-4-2-3-11(14(12)17)13(16)9-10-5-6-10/h2-4,10,13,16-17H,5-9H2,1H3. The van der Waals surface area contributed by atoms with E-state index in [4.69, 9.17) is 0 Å². The highest BCUT2D eigenvalue weighted by Crippen LogP contribution is 2.52.